The van der Waals surface area contributed by atoms with Gasteiger partial charge < -0.3 is 10.1 Å². The van der Waals surface area contributed by atoms with E-state index in [0.717, 1.165) is 5.92 Å². The van der Waals surface area contributed by atoms with Crippen LogP contribution in [0.3, 0.4) is 0 Å². The third-order valence-electron chi connectivity index (χ3n) is 5.07. The molecule has 0 bridgehead atoms. The monoisotopic (exact) mass is 253 g/mol. The summed E-state index contributed by atoms with van der Waals surface area (Å²) in [6.07, 6.45) is 12.5. The van der Waals surface area contributed by atoms with Gasteiger partial charge in [0.1, 0.15) is 0 Å². The van der Waals surface area contributed by atoms with Crippen LogP contribution in [0.1, 0.15) is 71.6 Å². The predicted molar refractivity (Wildman–Crippen MR) is 76.8 cm³/mol. The first-order valence-corrected chi connectivity index (χ1v) is 8.00. The zero-order chi connectivity index (χ0) is 13.0. The molecule has 1 aliphatic carbocycles. The predicted octanol–water partition coefficient (Wildman–Crippen LogP) is 3.89. The van der Waals surface area contributed by atoms with E-state index in [0.29, 0.717) is 17.7 Å². The maximum Gasteiger partial charge on any atom is 0.0687 e. The molecule has 1 aliphatic heterocycles. The van der Waals surface area contributed by atoms with Crippen molar-refractivity contribution >= 4 is 0 Å². The third kappa shape index (κ3) is 3.48. The molecule has 2 rings (SSSR count). The molecule has 2 aliphatic rings. The normalized spacial score (nSPS) is 28.3. The summed E-state index contributed by atoms with van der Waals surface area (Å²) in [5.41, 5.74) is 0.325. The second-order valence-corrected chi connectivity index (χ2v) is 6.74. The summed E-state index contributed by atoms with van der Waals surface area (Å²) in [5, 5.41) is 3.43. The topological polar surface area (TPSA) is 21.3 Å². The molecule has 1 saturated heterocycles. The maximum atomic E-state index is 6.37. The molecule has 18 heavy (non-hydrogen) atoms. The molecule has 2 heteroatoms. The summed E-state index contributed by atoms with van der Waals surface area (Å²) in [6.45, 7) is 4.61. The number of rotatable bonds is 6. The molecule has 0 aromatic rings. The Balaban J connectivity index is 1.66. The fourth-order valence-electron chi connectivity index (χ4n) is 3.86. The summed E-state index contributed by atoms with van der Waals surface area (Å²) < 4.78 is 6.37. The van der Waals surface area contributed by atoms with E-state index in [9.17, 15) is 0 Å². The number of ether oxygens (including phenoxy) is 1. The molecule has 2 nitrogen and oxygen atoms in total. The second kappa shape index (κ2) is 6.38. The molecular weight excluding hydrogens is 222 g/mol. The largest absolute Gasteiger partial charge is 0.372 e. The average Bonchev–Trinajstić information content (AvgIpc) is 2.96. The van der Waals surface area contributed by atoms with Crippen molar-refractivity contribution in [3.63, 3.8) is 0 Å². The van der Waals surface area contributed by atoms with Crippen molar-refractivity contribution in [2.45, 2.75) is 89.4 Å². The van der Waals surface area contributed by atoms with Gasteiger partial charge in [0, 0.05) is 6.04 Å². The lowest BCUT2D eigenvalue weighted by atomic mass is 9.96. The van der Waals surface area contributed by atoms with Crippen molar-refractivity contribution in [3.8, 4) is 0 Å². The van der Waals surface area contributed by atoms with Gasteiger partial charge in [-0.1, -0.05) is 26.7 Å². The quantitative estimate of drug-likeness (QED) is 0.775. The van der Waals surface area contributed by atoms with E-state index < -0.39 is 0 Å². The molecule has 0 aromatic carbocycles. The zero-order valence-electron chi connectivity index (χ0n) is 12.5. The lowest BCUT2D eigenvalue weighted by Crippen LogP contribution is -2.30. The van der Waals surface area contributed by atoms with Crippen molar-refractivity contribution in [1.29, 1.82) is 0 Å². The van der Waals surface area contributed by atoms with Gasteiger partial charge in [0.15, 0.2) is 0 Å². The molecule has 1 N–H and O–H groups in total. The van der Waals surface area contributed by atoms with Gasteiger partial charge in [-0.2, -0.15) is 0 Å². The highest BCUT2D eigenvalue weighted by atomic mass is 16.5. The lowest BCUT2D eigenvalue weighted by Gasteiger charge is -2.24. The Bertz CT molecular complexity index is 245. The van der Waals surface area contributed by atoms with E-state index in [2.05, 4.69) is 26.2 Å². The van der Waals surface area contributed by atoms with Crippen LogP contribution in [-0.2, 0) is 4.74 Å². The number of nitrogens with one attached hydrogen (secondary N) is 1. The second-order valence-electron chi connectivity index (χ2n) is 6.74. The average molecular weight is 253 g/mol. The Kier molecular flexibility index (Phi) is 5.08. The first-order valence-electron chi connectivity index (χ1n) is 8.00. The van der Waals surface area contributed by atoms with Gasteiger partial charge in [0.05, 0.1) is 11.7 Å². The van der Waals surface area contributed by atoms with Crippen molar-refractivity contribution < 1.29 is 4.74 Å². The van der Waals surface area contributed by atoms with Crippen molar-refractivity contribution in [2.75, 3.05) is 7.05 Å². The minimum Gasteiger partial charge on any atom is -0.372 e. The van der Waals surface area contributed by atoms with Crippen LogP contribution in [0.4, 0.5) is 0 Å². The molecule has 0 radical (unpaired) electrons. The van der Waals surface area contributed by atoms with E-state index in [-0.39, 0.29) is 0 Å². The standard InChI is InChI=1S/C16H31NO/c1-13(2)15(17-3)8-6-7-14-9-12-16(18-14)10-4-5-11-16/h13-15,17H,4-12H2,1-3H3. The van der Waals surface area contributed by atoms with Crippen LogP contribution in [-0.4, -0.2) is 24.8 Å². The van der Waals surface area contributed by atoms with Gasteiger partial charge in [-0.3, -0.25) is 0 Å². The summed E-state index contributed by atoms with van der Waals surface area (Å²) in [6, 6.07) is 0.673. The first kappa shape index (κ1) is 14.3. The van der Waals surface area contributed by atoms with E-state index in [4.69, 9.17) is 4.74 Å². The summed E-state index contributed by atoms with van der Waals surface area (Å²) >= 11 is 0. The van der Waals surface area contributed by atoms with Crippen molar-refractivity contribution in [3.05, 3.63) is 0 Å². The molecule has 1 saturated carbocycles. The summed E-state index contributed by atoms with van der Waals surface area (Å²) in [5.74, 6) is 0.737. The number of hydrogen-bond donors (Lipinski definition) is 1. The third-order valence-corrected chi connectivity index (χ3v) is 5.07. The SMILES string of the molecule is CNC(CCCC1CCC2(CCCC2)O1)C(C)C. The van der Waals surface area contributed by atoms with Gasteiger partial charge in [-0.15, -0.1) is 0 Å². The maximum absolute atomic E-state index is 6.37. The summed E-state index contributed by atoms with van der Waals surface area (Å²) in [7, 11) is 2.09. The van der Waals surface area contributed by atoms with Crippen LogP contribution in [0, 0.1) is 5.92 Å². The van der Waals surface area contributed by atoms with Crippen molar-refractivity contribution in [1.82, 2.24) is 5.32 Å². The minimum absolute atomic E-state index is 0.325. The van der Waals surface area contributed by atoms with E-state index >= 15 is 0 Å². The lowest BCUT2D eigenvalue weighted by molar-refractivity contribution is -0.0397. The molecule has 1 heterocycles. The summed E-state index contributed by atoms with van der Waals surface area (Å²) in [4.78, 5) is 0. The van der Waals surface area contributed by atoms with Gasteiger partial charge in [0.25, 0.3) is 0 Å². The van der Waals surface area contributed by atoms with E-state index in [1.807, 2.05) is 0 Å². The van der Waals surface area contributed by atoms with Crippen LogP contribution < -0.4 is 5.32 Å². The molecule has 1 spiro atoms. The Morgan fingerprint density at radius 3 is 2.56 bits per heavy atom. The van der Waals surface area contributed by atoms with E-state index in [1.54, 1.807) is 0 Å². The smallest absolute Gasteiger partial charge is 0.0687 e. The molecule has 0 aromatic heterocycles. The van der Waals surface area contributed by atoms with Gasteiger partial charge >= 0.3 is 0 Å². The van der Waals surface area contributed by atoms with Crippen LogP contribution in [0.15, 0.2) is 0 Å². The zero-order valence-corrected chi connectivity index (χ0v) is 12.5. The molecule has 0 amide bonds. The van der Waals surface area contributed by atoms with Gasteiger partial charge in [-0.05, 0) is 57.9 Å². The molecular formula is C16H31NO. The van der Waals surface area contributed by atoms with Crippen LogP contribution in [0.25, 0.3) is 0 Å². The highest BCUT2D eigenvalue weighted by molar-refractivity contribution is 4.92. The Morgan fingerprint density at radius 2 is 1.94 bits per heavy atom. The van der Waals surface area contributed by atoms with E-state index in [1.165, 1.54) is 57.8 Å². The highest BCUT2D eigenvalue weighted by Gasteiger charge is 2.41. The molecule has 2 unspecified atom stereocenters. The fraction of sp³-hybridized carbons (Fsp3) is 1.00. The Labute approximate surface area is 113 Å². The fourth-order valence-corrected chi connectivity index (χ4v) is 3.86. The highest BCUT2D eigenvalue weighted by Crippen LogP contribution is 2.44. The first-order chi connectivity index (χ1) is 8.65. The Hall–Kier alpha value is -0.0800. The number of hydrogen-bond acceptors (Lipinski definition) is 2. The Morgan fingerprint density at radius 1 is 1.22 bits per heavy atom. The minimum atomic E-state index is 0.325. The molecule has 2 fully saturated rings. The van der Waals surface area contributed by atoms with Crippen LogP contribution >= 0.6 is 0 Å². The van der Waals surface area contributed by atoms with Gasteiger partial charge in [-0.25, -0.2) is 0 Å². The van der Waals surface area contributed by atoms with Gasteiger partial charge in [0.2, 0.25) is 0 Å². The van der Waals surface area contributed by atoms with Crippen LogP contribution in [0.2, 0.25) is 0 Å². The molecule has 2 atom stereocenters. The van der Waals surface area contributed by atoms with Crippen molar-refractivity contribution in [2.24, 2.45) is 5.92 Å². The van der Waals surface area contributed by atoms with Crippen LogP contribution in [0.5, 0.6) is 0 Å². The molecule has 106 valence electrons.